The van der Waals surface area contributed by atoms with Gasteiger partial charge < -0.3 is 51.8 Å². The average Bonchev–Trinajstić information content (AvgIpc) is 3.97. The van der Waals surface area contributed by atoms with Crippen LogP contribution in [0.5, 0.6) is 0 Å². The Bertz CT molecular complexity index is 2450. The first-order valence-corrected chi connectivity index (χ1v) is 24.5. The van der Waals surface area contributed by atoms with E-state index in [-0.39, 0.29) is 60.8 Å². The standard InChI is InChI=1S/C52H71N11O8/c1-29(53-9)44(65)60-42(51(3,4)5)49(70)62-26-34(22-36(62)28-64)57-46(67)32-18-20-39(55-24-32)40-21-19-33(25-56-40)47(68)58-35-23-41(48(69)59-38-17-13-15-31-14-11-12-16-37(31)38)63(27-35)50(71)43(52(6,7)8)61-45(66)30(2)54-10/h11-12,14,16,18-21,24-25,28-30,34-36,38,41-43,53-54H,13,15,17,22-23,26-27H2,1-10H3,(H,57,67)(H,58,68)(H,59,69)(H,60,65)(H,61,66)/t29-,30-,34-,35-,36?,38+,41?,42+,43?/m0/s1. The summed E-state index contributed by atoms with van der Waals surface area (Å²) in [4.78, 5) is 120. The summed E-state index contributed by atoms with van der Waals surface area (Å²) in [6.07, 6.45) is 6.38. The number of nitrogens with zero attached hydrogens (tertiary/aromatic N) is 4. The van der Waals surface area contributed by atoms with Crippen LogP contribution in [0.25, 0.3) is 11.4 Å². The first kappa shape index (κ1) is 53.7. The highest BCUT2D eigenvalue weighted by atomic mass is 16.2. The van der Waals surface area contributed by atoms with E-state index >= 15 is 0 Å². The molecule has 19 heteroatoms. The number of aromatic nitrogens is 2. The highest BCUT2D eigenvalue weighted by molar-refractivity contribution is 5.97. The zero-order chi connectivity index (χ0) is 51.9. The van der Waals surface area contributed by atoms with Gasteiger partial charge in [0.05, 0.1) is 46.7 Å². The molecule has 0 bridgehead atoms. The zero-order valence-corrected chi connectivity index (χ0v) is 42.6. The summed E-state index contributed by atoms with van der Waals surface area (Å²) in [5, 5.41) is 20.6. The number of aldehydes is 1. The summed E-state index contributed by atoms with van der Waals surface area (Å²) in [6.45, 7) is 14.5. The van der Waals surface area contributed by atoms with E-state index in [0.29, 0.717) is 17.7 Å². The molecule has 7 N–H and O–H groups in total. The highest BCUT2D eigenvalue weighted by Gasteiger charge is 2.47. The van der Waals surface area contributed by atoms with Crippen molar-refractivity contribution < 1.29 is 38.4 Å². The van der Waals surface area contributed by atoms with E-state index in [1.165, 1.54) is 27.8 Å². The third-order valence-corrected chi connectivity index (χ3v) is 13.8. The molecule has 2 fully saturated rings. The second-order valence-corrected chi connectivity index (χ2v) is 21.2. The van der Waals surface area contributed by atoms with Crippen molar-refractivity contribution in [2.75, 3.05) is 27.2 Å². The van der Waals surface area contributed by atoms with Crippen LogP contribution in [0.1, 0.15) is 119 Å². The number of pyridine rings is 2. The number of likely N-dealkylation sites (tertiary alicyclic amines) is 2. The van der Waals surface area contributed by atoms with Gasteiger partial charge in [0.2, 0.25) is 29.5 Å². The second-order valence-electron chi connectivity index (χ2n) is 21.2. The summed E-state index contributed by atoms with van der Waals surface area (Å²) in [5.74, 6) is -2.79. The van der Waals surface area contributed by atoms with Crippen molar-refractivity contribution in [3.05, 3.63) is 83.2 Å². The molecule has 0 spiro atoms. The van der Waals surface area contributed by atoms with Crippen molar-refractivity contribution in [3.8, 4) is 11.4 Å². The van der Waals surface area contributed by atoms with Gasteiger partial charge >= 0.3 is 0 Å². The number of nitrogens with one attached hydrogen (secondary N) is 7. The first-order valence-electron chi connectivity index (χ1n) is 24.5. The molecule has 9 atom stereocenters. The van der Waals surface area contributed by atoms with Gasteiger partial charge in [0.15, 0.2) is 0 Å². The SMILES string of the molecule is CN[C@@H](C)C(=O)NC(C(=O)N1C[C@@H](NC(=O)c2ccc(-c3ccc(C(=O)N[C@H]4CC(C=O)N(C(=O)[C@@H](NC(=O)[C@H](C)NC)C(C)(C)C)C4)cn3)nc2)CC1C(=O)N[C@@H]1CCCc2ccccc21)C(C)(C)C. The van der Waals surface area contributed by atoms with Crippen molar-refractivity contribution in [1.82, 2.24) is 57.0 Å². The lowest BCUT2D eigenvalue weighted by molar-refractivity contribution is -0.144. The van der Waals surface area contributed by atoms with Crippen LogP contribution in [0.4, 0.5) is 0 Å². The van der Waals surface area contributed by atoms with Crippen LogP contribution < -0.4 is 37.2 Å². The minimum absolute atomic E-state index is 0.0338. The molecular formula is C52H71N11O8. The maximum Gasteiger partial charge on any atom is 0.253 e. The third kappa shape index (κ3) is 12.8. The molecule has 1 aliphatic carbocycles. The first-order chi connectivity index (χ1) is 33.5. The van der Waals surface area contributed by atoms with E-state index in [9.17, 15) is 38.4 Å². The van der Waals surface area contributed by atoms with E-state index in [1.807, 2.05) is 59.7 Å². The largest absolute Gasteiger partial charge is 0.347 e. The quantitative estimate of drug-likeness (QED) is 0.102. The Morgan fingerprint density at radius 2 is 1.15 bits per heavy atom. The summed E-state index contributed by atoms with van der Waals surface area (Å²) in [7, 11) is 3.30. The number of carbonyl (C=O) groups is 8. The normalized spacial score (nSPS) is 21.7. The Kier molecular flexibility index (Phi) is 17.1. The smallest absolute Gasteiger partial charge is 0.253 e. The molecule has 2 saturated heterocycles. The number of hydrogen-bond donors (Lipinski definition) is 7. The number of amides is 7. The van der Waals surface area contributed by atoms with E-state index in [0.717, 1.165) is 24.8 Å². The molecule has 2 aromatic heterocycles. The fourth-order valence-corrected chi connectivity index (χ4v) is 9.28. The zero-order valence-electron chi connectivity index (χ0n) is 42.6. The van der Waals surface area contributed by atoms with Crippen LogP contribution in [-0.2, 0) is 35.2 Å². The van der Waals surface area contributed by atoms with Crippen molar-refractivity contribution in [1.29, 1.82) is 0 Å². The predicted molar refractivity (Wildman–Crippen MR) is 266 cm³/mol. The number of aryl methyl sites for hydroxylation is 1. The Morgan fingerprint density at radius 3 is 1.63 bits per heavy atom. The lowest BCUT2D eigenvalue weighted by atomic mass is 9.85. The monoisotopic (exact) mass is 978 g/mol. The van der Waals surface area contributed by atoms with Crippen molar-refractivity contribution >= 4 is 47.6 Å². The van der Waals surface area contributed by atoms with Gasteiger partial charge in [-0.15, -0.1) is 0 Å². The van der Waals surface area contributed by atoms with Crippen LogP contribution in [-0.4, -0.2) is 143 Å². The van der Waals surface area contributed by atoms with E-state index in [2.05, 4.69) is 53.3 Å². The van der Waals surface area contributed by atoms with Crippen LogP contribution in [0, 0.1) is 10.8 Å². The van der Waals surface area contributed by atoms with Crippen molar-refractivity contribution in [3.63, 3.8) is 0 Å². The van der Waals surface area contributed by atoms with Gasteiger partial charge in [-0.2, -0.15) is 0 Å². The highest BCUT2D eigenvalue weighted by Crippen LogP contribution is 2.32. The number of hydrogen-bond acceptors (Lipinski definition) is 12. The number of fused-ring (bicyclic) bond motifs is 1. The van der Waals surface area contributed by atoms with Crippen LogP contribution in [0.3, 0.4) is 0 Å². The van der Waals surface area contributed by atoms with E-state index in [4.69, 9.17) is 0 Å². The molecule has 1 aromatic carbocycles. The molecule has 382 valence electrons. The number of benzene rings is 1. The van der Waals surface area contributed by atoms with Gasteiger partial charge in [0.25, 0.3) is 11.8 Å². The van der Waals surface area contributed by atoms with Gasteiger partial charge in [-0.1, -0.05) is 65.8 Å². The van der Waals surface area contributed by atoms with Crippen LogP contribution in [0.2, 0.25) is 0 Å². The predicted octanol–water partition coefficient (Wildman–Crippen LogP) is 2.21. The number of carbonyl (C=O) groups excluding carboxylic acids is 8. The molecule has 19 nitrogen and oxygen atoms in total. The Labute approximate surface area is 416 Å². The summed E-state index contributed by atoms with van der Waals surface area (Å²) in [6, 6.07) is 8.34. The molecule has 7 amide bonds. The van der Waals surface area contributed by atoms with Gasteiger partial charge in [0.1, 0.15) is 24.4 Å². The maximum atomic E-state index is 14.5. The topological polar surface area (TPSA) is 253 Å². The fourth-order valence-electron chi connectivity index (χ4n) is 9.28. The Hall–Kier alpha value is -6.60. The van der Waals surface area contributed by atoms with Crippen LogP contribution in [0.15, 0.2) is 60.9 Å². The summed E-state index contributed by atoms with van der Waals surface area (Å²) < 4.78 is 0. The second kappa shape index (κ2) is 22.6. The lowest BCUT2D eigenvalue weighted by Crippen LogP contribution is -2.59. The van der Waals surface area contributed by atoms with Gasteiger partial charge in [-0.3, -0.25) is 43.5 Å². The Balaban J connectivity index is 1.10. The molecule has 4 heterocycles. The molecule has 71 heavy (non-hydrogen) atoms. The van der Waals surface area contributed by atoms with Gasteiger partial charge in [-0.25, -0.2) is 0 Å². The lowest BCUT2D eigenvalue weighted by Gasteiger charge is -2.36. The summed E-state index contributed by atoms with van der Waals surface area (Å²) >= 11 is 0. The van der Waals surface area contributed by atoms with Gasteiger partial charge in [-0.05, 0) is 106 Å². The maximum absolute atomic E-state index is 14.5. The molecule has 3 unspecified atom stereocenters. The van der Waals surface area contributed by atoms with Gasteiger partial charge in [0, 0.05) is 37.6 Å². The van der Waals surface area contributed by atoms with Crippen molar-refractivity contribution in [2.45, 2.75) is 142 Å². The molecule has 3 aromatic rings. The fraction of sp³-hybridized carbons (Fsp3) is 0.538. The minimum atomic E-state index is -0.965. The molecule has 6 rings (SSSR count). The van der Waals surface area contributed by atoms with E-state index < -0.39 is 82.8 Å². The van der Waals surface area contributed by atoms with E-state index in [1.54, 1.807) is 52.2 Å². The third-order valence-electron chi connectivity index (χ3n) is 13.8. The molecule has 3 aliphatic rings. The van der Waals surface area contributed by atoms with Crippen LogP contribution >= 0.6 is 0 Å². The molecule has 2 aliphatic heterocycles. The molecular weight excluding hydrogens is 907 g/mol. The minimum Gasteiger partial charge on any atom is -0.347 e. The molecule has 0 radical (unpaired) electrons. The number of rotatable bonds is 16. The molecule has 0 saturated carbocycles. The Morgan fingerprint density at radius 1 is 0.662 bits per heavy atom. The summed E-state index contributed by atoms with van der Waals surface area (Å²) in [5.41, 5.74) is 2.17. The number of likely N-dealkylation sites (N-methyl/N-ethyl adjacent to an activating group) is 2. The van der Waals surface area contributed by atoms with Crippen molar-refractivity contribution in [2.24, 2.45) is 10.8 Å². The average molecular weight is 978 g/mol.